The van der Waals surface area contributed by atoms with Crippen LogP contribution in [0.2, 0.25) is 0 Å². The fraction of sp³-hybridized carbons (Fsp3) is 0.412. The summed E-state index contributed by atoms with van der Waals surface area (Å²) in [5.41, 5.74) is 0.722. The van der Waals surface area contributed by atoms with Gasteiger partial charge in [-0.2, -0.15) is 0 Å². The van der Waals surface area contributed by atoms with Gasteiger partial charge in [0.25, 0.3) is 0 Å². The van der Waals surface area contributed by atoms with Crippen molar-refractivity contribution < 1.29 is 9.59 Å². The maximum atomic E-state index is 12.6. The molecule has 0 spiro atoms. The average Bonchev–Trinajstić information content (AvgIpc) is 3.31. The number of Topliss-reactive ketones (excluding diaryl/α,β-unsaturated/α-hetero) is 2. The van der Waals surface area contributed by atoms with Crippen LogP contribution in [0.4, 0.5) is 0 Å². The van der Waals surface area contributed by atoms with Crippen molar-refractivity contribution in [2.24, 2.45) is 4.99 Å². The lowest BCUT2D eigenvalue weighted by atomic mass is 9.98. The predicted molar refractivity (Wildman–Crippen MR) is 96.7 cm³/mol. The highest BCUT2D eigenvalue weighted by Crippen LogP contribution is 2.34. The summed E-state index contributed by atoms with van der Waals surface area (Å²) >= 11 is 2.87. The van der Waals surface area contributed by atoms with Crippen LogP contribution in [0.5, 0.6) is 0 Å². The summed E-state index contributed by atoms with van der Waals surface area (Å²) in [6.07, 6.45) is 2.56. The zero-order valence-corrected chi connectivity index (χ0v) is 14.8. The second-order valence-electron chi connectivity index (χ2n) is 5.98. The van der Waals surface area contributed by atoms with Crippen molar-refractivity contribution in [3.8, 4) is 9.88 Å². The van der Waals surface area contributed by atoms with E-state index < -0.39 is 0 Å². The minimum atomic E-state index is -0.119. The minimum absolute atomic E-state index is 0.0828. The van der Waals surface area contributed by atoms with Gasteiger partial charge >= 0.3 is 0 Å². The van der Waals surface area contributed by atoms with Gasteiger partial charge in [0.2, 0.25) is 5.78 Å². The molecule has 0 radical (unpaired) electrons. The topological polar surface area (TPSA) is 62.6 Å². The van der Waals surface area contributed by atoms with E-state index >= 15 is 0 Å². The van der Waals surface area contributed by atoms with Gasteiger partial charge in [-0.05, 0) is 37.4 Å². The van der Waals surface area contributed by atoms with Gasteiger partial charge in [0, 0.05) is 6.54 Å². The Balaban J connectivity index is 1.54. The van der Waals surface area contributed by atoms with E-state index in [1.54, 1.807) is 11.3 Å². The van der Waals surface area contributed by atoms with Crippen molar-refractivity contribution in [3.63, 3.8) is 0 Å². The zero-order valence-electron chi connectivity index (χ0n) is 13.2. The van der Waals surface area contributed by atoms with E-state index in [9.17, 15) is 9.59 Å². The molecule has 4 rings (SSSR count). The molecule has 24 heavy (non-hydrogen) atoms. The van der Waals surface area contributed by atoms with Gasteiger partial charge in [0.05, 0.1) is 23.6 Å². The number of ketones is 2. The number of aromatic nitrogens is 1. The molecule has 0 aromatic carbocycles. The number of thiazole rings is 1. The van der Waals surface area contributed by atoms with Crippen LogP contribution in [0.1, 0.15) is 39.4 Å². The Bertz CT molecular complexity index is 802. The zero-order chi connectivity index (χ0) is 16.5. The number of carbonyl (C=O) groups excluding carboxylic acids is 2. The second kappa shape index (κ2) is 6.66. The Morgan fingerprint density at radius 1 is 1.25 bits per heavy atom. The molecular weight excluding hydrogens is 342 g/mol. The van der Waals surface area contributed by atoms with Crippen LogP contribution >= 0.6 is 22.7 Å². The van der Waals surface area contributed by atoms with E-state index in [0.29, 0.717) is 22.8 Å². The van der Waals surface area contributed by atoms with Crippen LogP contribution in [0.25, 0.3) is 9.88 Å². The first-order valence-electron chi connectivity index (χ1n) is 8.10. The molecule has 1 fully saturated rings. The highest BCUT2D eigenvalue weighted by Gasteiger charge is 2.33. The van der Waals surface area contributed by atoms with Crippen molar-refractivity contribution in [2.45, 2.75) is 19.3 Å². The molecule has 0 unspecified atom stereocenters. The summed E-state index contributed by atoms with van der Waals surface area (Å²) in [6, 6.07) is 3.89. The summed E-state index contributed by atoms with van der Waals surface area (Å²) in [5, 5.41) is 2.71. The third-order valence-electron chi connectivity index (χ3n) is 4.34. The van der Waals surface area contributed by atoms with Crippen molar-refractivity contribution in [2.75, 3.05) is 26.2 Å². The fourth-order valence-electron chi connectivity index (χ4n) is 3.08. The quantitative estimate of drug-likeness (QED) is 0.841. The molecule has 1 aliphatic carbocycles. The van der Waals surface area contributed by atoms with E-state index in [2.05, 4.69) is 14.9 Å². The van der Waals surface area contributed by atoms with Crippen LogP contribution in [-0.4, -0.2) is 53.3 Å². The molecule has 124 valence electrons. The molecule has 2 aromatic rings. The van der Waals surface area contributed by atoms with Gasteiger partial charge < -0.3 is 4.90 Å². The standard InChI is InChI=1S/C17H17N3O2S2/c21-12-10-11(18-5-8-20-6-1-2-7-20)15(22)16-14(12)19-17(24-16)13-4-3-9-23-13/h3-4,9H,1-2,5-8,10H2. The molecule has 0 atom stereocenters. The Labute approximate surface area is 148 Å². The molecule has 0 saturated carbocycles. The normalized spacial score (nSPS) is 20.1. The second-order valence-corrected chi connectivity index (χ2v) is 7.93. The first-order chi connectivity index (χ1) is 11.7. The summed E-state index contributed by atoms with van der Waals surface area (Å²) in [6.45, 7) is 3.67. The van der Waals surface area contributed by atoms with E-state index in [1.165, 1.54) is 24.2 Å². The maximum absolute atomic E-state index is 12.6. The molecule has 2 aliphatic rings. The van der Waals surface area contributed by atoms with Gasteiger partial charge in [-0.3, -0.25) is 14.6 Å². The lowest BCUT2D eigenvalue weighted by Crippen LogP contribution is -2.28. The van der Waals surface area contributed by atoms with Crippen LogP contribution < -0.4 is 0 Å². The molecule has 0 amide bonds. The van der Waals surface area contributed by atoms with Gasteiger partial charge in [-0.1, -0.05) is 6.07 Å². The number of rotatable bonds is 4. The van der Waals surface area contributed by atoms with E-state index in [0.717, 1.165) is 29.5 Å². The number of fused-ring (bicyclic) bond motifs is 1. The number of aliphatic imine (C=N–C) groups is 1. The number of hydrogen-bond donors (Lipinski definition) is 0. The molecule has 1 aliphatic heterocycles. The Morgan fingerprint density at radius 3 is 2.83 bits per heavy atom. The summed E-state index contributed by atoms with van der Waals surface area (Å²) in [7, 11) is 0. The SMILES string of the molecule is O=C1CC(=NCCN2CCCC2)C(=O)c2sc(-c3cccs3)nc21. The molecule has 5 nitrogen and oxygen atoms in total. The summed E-state index contributed by atoms with van der Waals surface area (Å²) in [4.78, 5) is 37.6. The van der Waals surface area contributed by atoms with Crippen LogP contribution in [0.3, 0.4) is 0 Å². The van der Waals surface area contributed by atoms with Gasteiger partial charge in [-0.25, -0.2) is 4.98 Å². The monoisotopic (exact) mass is 359 g/mol. The van der Waals surface area contributed by atoms with E-state index in [4.69, 9.17) is 0 Å². The van der Waals surface area contributed by atoms with Crippen LogP contribution in [-0.2, 0) is 0 Å². The van der Waals surface area contributed by atoms with Crippen molar-refractivity contribution >= 4 is 40.0 Å². The Kier molecular flexibility index (Phi) is 4.39. The number of nitrogens with zero attached hydrogens (tertiary/aromatic N) is 3. The molecule has 3 heterocycles. The molecule has 1 saturated heterocycles. The summed E-state index contributed by atoms with van der Waals surface area (Å²) < 4.78 is 0. The highest BCUT2D eigenvalue weighted by atomic mass is 32.1. The first kappa shape index (κ1) is 15.8. The van der Waals surface area contributed by atoms with Gasteiger partial charge in [0.1, 0.15) is 15.6 Å². The third-order valence-corrected chi connectivity index (χ3v) is 6.43. The van der Waals surface area contributed by atoms with E-state index in [1.807, 2.05) is 17.5 Å². The van der Waals surface area contributed by atoms with Crippen LogP contribution in [0.15, 0.2) is 22.5 Å². The molecular formula is C17H17N3O2S2. The number of thiophene rings is 1. The maximum Gasteiger partial charge on any atom is 0.219 e. The van der Waals surface area contributed by atoms with Crippen LogP contribution in [0, 0.1) is 0 Å². The van der Waals surface area contributed by atoms with Crippen molar-refractivity contribution in [1.82, 2.24) is 9.88 Å². The first-order valence-corrected chi connectivity index (χ1v) is 9.80. The highest BCUT2D eigenvalue weighted by molar-refractivity contribution is 7.22. The molecule has 2 aromatic heterocycles. The fourth-order valence-corrected chi connectivity index (χ4v) is 4.92. The lowest BCUT2D eigenvalue weighted by molar-refractivity contribution is 0.0963. The largest absolute Gasteiger partial charge is 0.301 e. The smallest absolute Gasteiger partial charge is 0.219 e. The molecule has 7 heteroatoms. The van der Waals surface area contributed by atoms with Gasteiger partial charge in [0.15, 0.2) is 5.78 Å². The molecule has 0 N–H and O–H groups in total. The molecule has 0 bridgehead atoms. The van der Waals surface area contributed by atoms with Gasteiger partial charge in [-0.15, -0.1) is 22.7 Å². The van der Waals surface area contributed by atoms with E-state index in [-0.39, 0.29) is 18.0 Å². The summed E-state index contributed by atoms with van der Waals surface area (Å²) in [5.74, 6) is -0.213. The predicted octanol–water partition coefficient (Wildman–Crippen LogP) is 3.18. The Hall–Kier alpha value is -1.70. The lowest BCUT2D eigenvalue weighted by Gasteiger charge is -2.14. The minimum Gasteiger partial charge on any atom is -0.301 e. The van der Waals surface area contributed by atoms with Crippen molar-refractivity contribution in [3.05, 3.63) is 28.1 Å². The number of likely N-dealkylation sites (tertiary alicyclic amines) is 1. The average molecular weight is 359 g/mol. The van der Waals surface area contributed by atoms with Crippen molar-refractivity contribution in [1.29, 1.82) is 0 Å². The number of hydrogen-bond acceptors (Lipinski definition) is 7. The number of carbonyl (C=O) groups is 2. The third kappa shape index (κ3) is 2.99. The Morgan fingerprint density at radius 2 is 2.08 bits per heavy atom.